The summed E-state index contributed by atoms with van der Waals surface area (Å²) < 4.78 is 5.26. The molecule has 6 heteroatoms. The van der Waals surface area contributed by atoms with Crippen molar-refractivity contribution in [3.8, 4) is 5.75 Å². The molecule has 0 unspecified atom stereocenters. The summed E-state index contributed by atoms with van der Waals surface area (Å²) in [6.07, 6.45) is -1.16. The number of hydrogen-bond donors (Lipinski definition) is 1. The van der Waals surface area contributed by atoms with E-state index in [1.165, 1.54) is 11.8 Å². The molecule has 1 heterocycles. The normalized spacial score (nSPS) is 19.1. The van der Waals surface area contributed by atoms with Crippen LogP contribution in [0.3, 0.4) is 0 Å². The smallest absolute Gasteiger partial charge is 0.257 e. The highest BCUT2D eigenvalue weighted by atomic mass is 32.2. The Hall–Kier alpha value is -2.54. The summed E-state index contributed by atoms with van der Waals surface area (Å²) in [4.78, 5) is 18.3. The molecule has 0 saturated heterocycles. The third kappa shape index (κ3) is 3.90. The van der Waals surface area contributed by atoms with Gasteiger partial charge in [-0.25, -0.2) is 0 Å². The zero-order valence-corrected chi connectivity index (χ0v) is 18.2. The minimum atomic E-state index is -1.16. The van der Waals surface area contributed by atoms with Crippen LogP contribution in [0.4, 0.5) is 5.69 Å². The Morgan fingerprint density at radius 3 is 2.43 bits per heavy atom. The molecule has 156 valence electrons. The summed E-state index contributed by atoms with van der Waals surface area (Å²) in [5.41, 5.74) is 1.75. The number of ether oxygens (including phenoxy) is 1. The zero-order valence-electron chi connectivity index (χ0n) is 17.4. The fourth-order valence-electron chi connectivity index (χ4n) is 3.79. The van der Waals surface area contributed by atoms with Crippen LogP contribution in [0.15, 0.2) is 65.6 Å². The Bertz CT molecular complexity index is 1050. The number of amides is 1. The first-order chi connectivity index (χ1) is 14.5. The van der Waals surface area contributed by atoms with Crippen molar-refractivity contribution in [1.82, 2.24) is 4.90 Å². The molecule has 0 spiro atoms. The van der Waals surface area contributed by atoms with E-state index in [2.05, 4.69) is 18.2 Å². The highest BCUT2D eigenvalue weighted by molar-refractivity contribution is 7.99. The molecule has 0 fully saturated rings. The van der Waals surface area contributed by atoms with Crippen molar-refractivity contribution in [3.05, 3.63) is 66.2 Å². The van der Waals surface area contributed by atoms with E-state index in [-0.39, 0.29) is 5.91 Å². The topological polar surface area (TPSA) is 53.0 Å². The fraction of sp³-hybridized carbons (Fsp3) is 0.292. The Morgan fingerprint density at radius 2 is 1.77 bits per heavy atom. The largest absolute Gasteiger partial charge is 0.497 e. The van der Waals surface area contributed by atoms with E-state index in [0.717, 1.165) is 32.7 Å². The number of thioether (sulfide) groups is 1. The van der Waals surface area contributed by atoms with Crippen LogP contribution in [-0.4, -0.2) is 56.3 Å². The van der Waals surface area contributed by atoms with Gasteiger partial charge in [0.15, 0.2) is 0 Å². The average Bonchev–Trinajstić information content (AvgIpc) is 2.76. The molecular formula is C24H26N2O3S. The maximum atomic E-state index is 13.5. The predicted molar refractivity (Wildman–Crippen MR) is 122 cm³/mol. The Morgan fingerprint density at radius 1 is 1.07 bits per heavy atom. The molecule has 0 bridgehead atoms. The Labute approximate surface area is 181 Å². The van der Waals surface area contributed by atoms with Crippen molar-refractivity contribution in [3.63, 3.8) is 0 Å². The molecule has 2 atom stereocenters. The second-order valence-corrected chi connectivity index (χ2v) is 8.86. The first kappa shape index (κ1) is 20.7. The molecule has 1 N–H and O–H groups in total. The van der Waals surface area contributed by atoms with E-state index in [9.17, 15) is 9.90 Å². The highest BCUT2D eigenvalue weighted by Crippen LogP contribution is 2.46. The number of carbonyl (C=O) groups is 1. The Balaban J connectivity index is 1.86. The van der Waals surface area contributed by atoms with Gasteiger partial charge >= 0.3 is 0 Å². The molecule has 5 nitrogen and oxygen atoms in total. The van der Waals surface area contributed by atoms with Crippen molar-refractivity contribution in [1.29, 1.82) is 0 Å². The van der Waals surface area contributed by atoms with Crippen LogP contribution in [-0.2, 0) is 4.79 Å². The van der Waals surface area contributed by atoms with E-state index in [1.54, 1.807) is 12.0 Å². The number of aliphatic hydroxyl groups is 1. The van der Waals surface area contributed by atoms with Crippen LogP contribution in [0.1, 0.15) is 10.8 Å². The maximum Gasteiger partial charge on any atom is 0.257 e. The molecule has 0 radical (unpaired) electrons. The molecule has 1 amide bonds. The van der Waals surface area contributed by atoms with E-state index in [4.69, 9.17) is 4.74 Å². The SMILES string of the molecule is COc1ccc([C@@H]2Sc3cccc4cccc(c34)N(CCN(C)C)C(=O)[C@@H]2O)cc1. The van der Waals surface area contributed by atoms with Crippen molar-refractivity contribution in [2.45, 2.75) is 16.2 Å². The minimum absolute atomic E-state index is 0.271. The number of aliphatic hydroxyl groups excluding tert-OH is 1. The van der Waals surface area contributed by atoms with Crippen LogP contribution in [0.2, 0.25) is 0 Å². The van der Waals surface area contributed by atoms with E-state index < -0.39 is 11.4 Å². The van der Waals surface area contributed by atoms with Gasteiger partial charge in [0.25, 0.3) is 5.91 Å². The molecule has 3 aromatic carbocycles. The van der Waals surface area contributed by atoms with Crippen molar-refractivity contribution < 1.29 is 14.6 Å². The molecule has 30 heavy (non-hydrogen) atoms. The van der Waals surface area contributed by atoms with Gasteiger partial charge in [0.2, 0.25) is 0 Å². The molecule has 0 aromatic heterocycles. The lowest BCUT2D eigenvalue weighted by molar-refractivity contribution is -0.126. The van der Waals surface area contributed by atoms with E-state index in [0.29, 0.717) is 13.1 Å². The van der Waals surface area contributed by atoms with Crippen molar-refractivity contribution >= 4 is 34.1 Å². The van der Waals surface area contributed by atoms with Crippen molar-refractivity contribution in [2.75, 3.05) is 39.2 Å². The molecule has 1 aliphatic heterocycles. The van der Waals surface area contributed by atoms with Gasteiger partial charge < -0.3 is 19.6 Å². The van der Waals surface area contributed by atoms with Crippen LogP contribution < -0.4 is 9.64 Å². The number of likely N-dealkylation sites (N-methyl/N-ethyl adjacent to an activating group) is 1. The number of nitrogens with zero attached hydrogens (tertiary/aromatic N) is 2. The first-order valence-electron chi connectivity index (χ1n) is 9.96. The molecular weight excluding hydrogens is 396 g/mol. The second kappa shape index (κ2) is 8.68. The maximum absolute atomic E-state index is 13.5. The van der Waals surface area contributed by atoms with Gasteiger partial charge in [-0.1, -0.05) is 36.4 Å². The second-order valence-electron chi connectivity index (χ2n) is 7.68. The molecule has 3 aromatic rings. The van der Waals surface area contributed by atoms with E-state index in [1.807, 2.05) is 61.5 Å². The number of anilines is 1. The molecule has 0 saturated carbocycles. The number of rotatable bonds is 5. The number of carbonyl (C=O) groups excluding carboxylic acids is 1. The summed E-state index contributed by atoms with van der Waals surface area (Å²) >= 11 is 1.54. The van der Waals surface area contributed by atoms with Crippen molar-refractivity contribution in [2.24, 2.45) is 0 Å². The summed E-state index contributed by atoms with van der Waals surface area (Å²) in [7, 11) is 5.59. The van der Waals surface area contributed by atoms with Crippen LogP contribution in [0.5, 0.6) is 5.75 Å². The van der Waals surface area contributed by atoms with E-state index >= 15 is 0 Å². The van der Waals surface area contributed by atoms with Gasteiger partial charge in [0.05, 0.1) is 18.0 Å². The van der Waals surface area contributed by atoms with Gasteiger partial charge in [-0.05, 0) is 49.3 Å². The predicted octanol–water partition coefficient (Wildman–Crippen LogP) is 3.95. The lowest BCUT2D eigenvalue weighted by Crippen LogP contribution is -2.45. The van der Waals surface area contributed by atoms with Crippen LogP contribution >= 0.6 is 11.8 Å². The molecule has 4 rings (SSSR count). The van der Waals surface area contributed by atoms with Gasteiger partial charge in [0, 0.05) is 23.4 Å². The molecule has 0 aliphatic carbocycles. The average molecular weight is 423 g/mol. The summed E-state index contributed by atoms with van der Waals surface area (Å²) in [5, 5.41) is 12.9. The lowest BCUT2D eigenvalue weighted by atomic mass is 10.0. The monoisotopic (exact) mass is 422 g/mol. The third-order valence-electron chi connectivity index (χ3n) is 5.41. The van der Waals surface area contributed by atoms with Crippen LogP contribution in [0, 0.1) is 0 Å². The fourth-order valence-corrected chi connectivity index (χ4v) is 5.10. The minimum Gasteiger partial charge on any atom is -0.497 e. The standard InChI is InChI=1S/C24H26N2O3S/c1-25(2)14-15-26-19-8-4-6-16-7-5-9-20(21(16)19)30-23(22(27)24(26)28)17-10-12-18(29-3)13-11-17/h4-13,22-23,27H,14-15H2,1-3H3/t22-,23+/m1/s1. The highest BCUT2D eigenvalue weighted by Gasteiger charge is 2.36. The van der Waals surface area contributed by atoms with Gasteiger partial charge in [-0.15, -0.1) is 11.8 Å². The molecule has 1 aliphatic rings. The lowest BCUT2D eigenvalue weighted by Gasteiger charge is -2.33. The zero-order chi connectivity index (χ0) is 21.3. The van der Waals surface area contributed by atoms with Gasteiger partial charge in [0.1, 0.15) is 11.9 Å². The quantitative estimate of drug-likeness (QED) is 0.675. The Kier molecular flexibility index (Phi) is 5.99. The summed E-state index contributed by atoms with van der Waals surface area (Å²) in [6.45, 7) is 1.22. The number of hydrogen-bond acceptors (Lipinski definition) is 5. The summed E-state index contributed by atoms with van der Waals surface area (Å²) in [5.74, 6) is 0.475. The first-order valence-corrected chi connectivity index (χ1v) is 10.8. The number of benzene rings is 3. The number of methoxy groups -OCH3 is 1. The van der Waals surface area contributed by atoms with Crippen LogP contribution in [0.25, 0.3) is 10.8 Å². The van der Waals surface area contributed by atoms with Gasteiger partial charge in [-0.2, -0.15) is 0 Å². The summed E-state index contributed by atoms with van der Waals surface area (Å²) in [6, 6.07) is 19.7. The third-order valence-corrected chi connectivity index (χ3v) is 6.79. The van der Waals surface area contributed by atoms with Gasteiger partial charge in [-0.3, -0.25) is 4.79 Å².